The van der Waals surface area contributed by atoms with Gasteiger partial charge >= 0.3 is 0 Å². The van der Waals surface area contributed by atoms with Crippen LogP contribution in [0.15, 0.2) is 96.0 Å². The van der Waals surface area contributed by atoms with Crippen LogP contribution in [0.5, 0.6) is 0 Å². The molecule has 0 aliphatic heterocycles. The number of nitrogens with zero attached hydrogens (tertiary/aromatic N) is 1. The molecule has 23 heavy (non-hydrogen) atoms. The zero-order valence-electron chi connectivity index (χ0n) is 13.2. The van der Waals surface area contributed by atoms with Crippen molar-refractivity contribution < 1.29 is 0 Å². The zero-order valence-corrected chi connectivity index (χ0v) is 13.2. The molecule has 1 nitrogen and oxygen atoms in total. The largest absolute Gasteiger partial charge is 0.252 e. The molecule has 3 rings (SSSR count). The highest BCUT2D eigenvalue weighted by atomic mass is 14.8. The van der Waals surface area contributed by atoms with Gasteiger partial charge in [0.25, 0.3) is 0 Å². The summed E-state index contributed by atoms with van der Waals surface area (Å²) in [6.07, 6.45) is 2.13. The van der Waals surface area contributed by atoms with Gasteiger partial charge in [0.1, 0.15) is 0 Å². The third-order valence-electron chi connectivity index (χ3n) is 3.65. The molecule has 0 fully saturated rings. The second kappa shape index (κ2) is 7.37. The molecule has 0 saturated carbocycles. The van der Waals surface area contributed by atoms with Crippen LogP contribution < -0.4 is 0 Å². The Labute approximate surface area is 137 Å². The first-order chi connectivity index (χ1) is 11.3. The molecule has 0 radical (unpaired) electrons. The molecule has 0 amide bonds. The molecule has 0 saturated heterocycles. The predicted octanol–water partition coefficient (Wildman–Crippen LogP) is 5.69. The highest BCUT2D eigenvalue weighted by Crippen LogP contribution is 2.20. The lowest BCUT2D eigenvalue weighted by Crippen LogP contribution is -1.95. The lowest BCUT2D eigenvalue weighted by molar-refractivity contribution is 1.48. The van der Waals surface area contributed by atoms with Gasteiger partial charge in [-0.1, -0.05) is 91.0 Å². The van der Waals surface area contributed by atoms with Crippen LogP contribution in [0.25, 0.3) is 11.8 Å². The van der Waals surface area contributed by atoms with Crippen molar-refractivity contribution in [2.75, 3.05) is 0 Å². The van der Waals surface area contributed by atoms with Gasteiger partial charge in [0.2, 0.25) is 0 Å². The van der Waals surface area contributed by atoms with Crippen LogP contribution in [0.2, 0.25) is 0 Å². The minimum atomic E-state index is 0.971. The van der Waals surface area contributed by atoms with E-state index in [0.717, 1.165) is 28.1 Å². The molecular formula is C22H19N. The quantitative estimate of drug-likeness (QED) is 0.433. The summed E-state index contributed by atoms with van der Waals surface area (Å²) >= 11 is 0. The zero-order chi connectivity index (χ0) is 15.9. The summed E-state index contributed by atoms with van der Waals surface area (Å²) in [5.41, 5.74) is 5.39. The van der Waals surface area contributed by atoms with Crippen LogP contribution in [-0.4, -0.2) is 5.71 Å². The maximum Gasteiger partial charge on any atom is 0.0711 e. The van der Waals surface area contributed by atoms with Gasteiger partial charge in [-0.3, -0.25) is 4.99 Å². The maximum atomic E-state index is 4.89. The van der Waals surface area contributed by atoms with Crippen LogP contribution in [-0.2, 0) is 0 Å². The first-order valence-electron chi connectivity index (χ1n) is 7.76. The van der Waals surface area contributed by atoms with Gasteiger partial charge in [-0.2, -0.15) is 0 Å². The van der Waals surface area contributed by atoms with E-state index in [2.05, 4.69) is 49.4 Å². The van der Waals surface area contributed by atoms with Gasteiger partial charge in [-0.05, 0) is 24.1 Å². The fourth-order valence-corrected chi connectivity index (χ4v) is 2.42. The molecule has 1 heteroatoms. The van der Waals surface area contributed by atoms with E-state index in [0.29, 0.717) is 0 Å². The van der Waals surface area contributed by atoms with Gasteiger partial charge in [-0.15, -0.1) is 0 Å². The summed E-state index contributed by atoms with van der Waals surface area (Å²) in [4.78, 5) is 4.89. The normalized spacial score (nSPS) is 12.2. The predicted molar refractivity (Wildman–Crippen MR) is 99.4 cm³/mol. The first kappa shape index (κ1) is 15.0. The third kappa shape index (κ3) is 4.04. The Kier molecular flexibility index (Phi) is 4.80. The van der Waals surface area contributed by atoms with Crippen molar-refractivity contribution in [3.63, 3.8) is 0 Å². The van der Waals surface area contributed by atoms with E-state index in [9.17, 15) is 0 Å². The Morgan fingerprint density at radius 1 is 0.652 bits per heavy atom. The molecule has 0 spiro atoms. The molecule has 3 aromatic carbocycles. The fraction of sp³-hybridized carbons (Fsp3) is 0.0455. The van der Waals surface area contributed by atoms with Crippen molar-refractivity contribution in [3.8, 4) is 0 Å². The van der Waals surface area contributed by atoms with Crippen LogP contribution in [0.3, 0.4) is 0 Å². The lowest BCUT2D eigenvalue weighted by Gasteiger charge is -2.06. The van der Waals surface area contributed by atoms with Crippen LogP contribution in [0.4, 0.5) is 0 Å². The Bertz CT molecular complexity index is 800. The molecule has 0 aromatic heterocycles. The van der Waals surface area contributed by atoms with E-state index >= 15 is 0 Å². The van der Waals surface area contributed by atoms with Crippen molar-refractivity contribution in [2.24, 2.45) is 4.99 Å². The van der Waals surface area contributed by atoms with Crippen molar-refractivity contribution in [1.29, 1.82) is 0 Å². The SMILES string of the molecule is CC(=N/C(=C/c1ccccc1)c1ccccc1)c1ccccc1. The summed E-state index contributed by atoms with van der Waals surface area (Å²) in [6.45, 7) is 2.05. The Balaban J connectivity index is 2.04. The first-order valence-corrected chi connectivity index (χ1v) is 7.76. The minimum absolute atomic E-state index is 0.971. The third-order valence-corrected chi connectivity index (χ3v) is 3.65. The number of hydrogen-bond donors (Lipinski definition) is 0. The minimum Gasteiger partial charge on any atom is -0.252 e. The second-order valence-electron chi connectivity index (χ2n) is 5.37. The van der Waals surface area contributed by atoms with E-state index < -0.39 is 0 Å². The molecule has 0 unspecified atom stereocenters. The summed E-state index contributed by atoms with van der Waals surface area (Å²) in [5.74, 6) is 0. The molecule has 0 aliphatic rings. The molecule has 0 aliphatic carbocycles. The van der Waals surface area contributed by atoms with Gasteiger partial charge < -0.3 is 0 Å². The number of rotatable bonds is 4. The van der Waals surface area contributed by atoms with E-state index in [-0.39, 0.29) is 0 Å². The topological polar surface area (TPSA) is 12.4 Å². The molecule has 0 N–H and O–H groups in total. The Hall–Kier alpha value is -2.93. The van der Waals surface area contributed by atoms with Crippen LogP contribution in [0, 0.1) is 0 Å². The summed E-state index contributed by atoms with van der Waals surface area (Å²) in [7, 11) is 0. The standard InChI is InChI=1S/C22H19N/c1-18(20-13-7-3-8-14-20)23-22(21-15-9-4-10-16-21)17-19-11-5-2-6-12-19/h2-17H,1H3/b22-17+,23-18?. The molecule has 0 bridgehead atoms. The fourth-order valence-electron chi connectivity index (χ4n) is 2.42. The Morgan fingerprint density at radius 3 is 1.70 bits per heavy atom. The smallest absolute Gasteiger partial charge is 0.0711 e. The van der Waals surface area contributed by atoms with Crippen LogP contribution in [0.1, 0.15) is 23.6 Å². The lowest BCUT2D eigenvalue weighted by atomic mass is 10.1. The van der Waals surface area contributed by atoms with Crippen molar-refractivity contribution in [2.45, 2.75) is 6.92 Å². The van der Waals surface area contributed by atoms with Crippen molar-refractivity contribution in [3.05, 3.63) is 108 Å². The van der Waals surface area contributed by atoms with E-state index in [1.165, 1.54) is 0 Å². The monoisotopic (exact) mass is 297 g/mol. The summed E-state index contributed by atoms with van der Waals surface area (Å²) in [6, 6.07) is 30.9. The highest BCUT2D eigenvalue weighted by Gasteiger charge is 2.03. The summed E-state index contributed by atoms with van der Waals surface area (Å²) < 4.78 is 0. The van der Waals surface area contributed by atoms with Crippen molar-refractivity contribution >= 4 is 17.5 Å². The van der Waals surface area contributed by atoms with E-state index in [1.807, 2.05) is 54.6 Å². The van der Waals surface area contributed by atoms with Gasteiger partial charge in [0.05, 0.1) is 5.70 Å². The maximum absolute atomic E-state index is 4.89. The molecule has 0 heterocycles. The van der Waals surface area contributed by atoms with E-state index in [1.54, 1.807) is 0 Å². The van der Waals surface area contributed by atoms with Gasteiger partial charge in [0.15, 0.2) is 0 Å². The van der Waals surface area contributed by atoms with Gasteiger partial charge in [-0.25, -0.2) is 0 Å². The van der Waals surface area contributed by atoms with Crippen molar-refractivity contribution in [1.82, 2.24) is 0 Å². The number of benzene rings is 3. The molecule has 0 atom stereocenters. The Morgan fingerprint density at radius 2 is 1.13 bits per heavy atom. The average Bonchev–Trinajstić information content (AvgIpc) is 2.63. The number of hydrogen-bond acceptors (Lipinski definition) is 1. The second-order valence-corrected chi connectivity index (χ2v) is 5.37. The molecular weight excluding hydrogens is 278 g/mol. The summed E-state index contributed by atoms with van der Waals surface area (Å²) in [5, 5.41) is 0. The highest BCUT2D eigenvalue weighted by molar-refractivity contribution is 6.03. The average molecular weight is 297 g/mol. The van der Waals surface area contributed by atoms with E-state index in [4.69, 9.17) is 4.99 Å². The van der Waals surface area contributed by atoms with Gasteiger partial charge in [0, 0.05) is 11.3 Å². The van der Waals surface area contributed by atoms with Crippen LogP contribution >= 0.6 is 0 Å². The molecule has 3 aromatic rings. The number of aliphatic imine (C=N–C) groups is 1. The molecule has 112 valence electrons.